The molecule has 1 aromatic rings. The minimum Gasteiger partial charge on any atom is -0.465 e. The lowest BCUT2D eigenvalue weighted by Gasteiger charge is -2.26. The van der Waals surface area contributed by atoms with Gasteiger partial charge in [-0.25, -0.2) is 4.79 Å². The van der Waals surface area contributed by atoms with Gasteiger partial charge in [-0.1, -0.05) is 29.3 Å². The summed E-state index contributed by atoms with van der Waals surface area (Å²) in [5.41, 5.74) is 0.765. The Bertz CT molecular complexity index is 582. The molecular weight excluding hydrogens is 371 g/mol. The fourth-order valence-electron chi connectivity index (χ4n) is 2.15. The minimum atomic E-state index is -0.708. The van der Waals surface area contributed by atoms with Crippen molar-refractivity contribution in [2.24, 2.45) is 0 Å². The molecular formula is C16H22Cl2N2O5. The lowest BCUT2D eigenvalue weighted by atomic mass is 10.1. The number of esters is 1. The molecule has 0 saturated carbocycles. The maximum Gasteiger partial charge on any atom is 0.325 e. The Labute approximate surface area is 156 Å². The summed E-state index contributed by atoms with van der Waals surface area (Å²) in [5.74, 6) is -0.523. The van der Waals surface area contributed by atoms with E-state index >= 15 is 0 Å². The van der Waals surface area contributed by atoms with Gasteiger partial charge in [-0.05, 0) is 31.0 Å². The molecule has 25 heavy (non-hydrogen) atoms. The zero-order chi connectivity index (χ0) is 18.8. The summed E-state index contributed by atoms with van der Waals surface area (Å²) in [5, 5.41) is 6.11. The number of ether oxygens (including phenoxy) is 3. The number of amides is 2. The Kier molecular flexibility index (Phi) is 9.59. The number of hydrogen-bond acceptors (Lipinski definition) is 5. The second-order valence-electron chi connectivity index (χ2n) is 5.02. The molecule has 9 heteroatoms. The number of urea groups is 1. The van der Waals surface area contributed by atoms with E-state index in [9.17, 15) is 9.59 Å². The topological polar surface area (TPSA) is 85.9 Å². The first-order valence-corrected chi connectivity index (χ1v) is 8.36. The van der Waals surface area contributed by atoms with Crippen LogP contribution in [0.25, 0.3) is 0 Å². The van der Waals surface area contributed by atoms with Gasteiger partial charge < -0.3 is 24.8 Å². The Morgan fingerprint density at radius 3 is 2.44 bits per heavy atom. The maximum atomic E-state index is 12.0. The summed E-state index contributed by atoms with van der Waals surface area (Å²) in [7, 11) is 2.92. The van der Waals surface area contributed by atoms with Crippen molar-refractivity contribution in [3.05, 3.63) is 33.8 Å². The predicted molar refractivity (Wildman–Crippen MR) is 94.9 cm³/mol. The predicted octanol–water partition coefficient (Wildman–Crippen LogP) is 2.39. The van der Waals surface area contributed by atoms with Crippen LogP contribution in [0.5, 0.6) is 0 Å². The van der Waals surface area contributed by atoms with Gasteiger partial charge in [0.25, 0.3) is 0 Å². The van der Waals surface area contributed by atoms with Gasteiger partial charge in [-0.2, -0.15) is 0 Å². The van der Waals surface area contributed by atoms with Crippen LogP contribution in [0.4, 0.5) is 4.79 Å². The van der Waals surface area contributed by atoms with Crippen molar-refractivity contribution in [3.8, 4) is 0 Å². The highest BCUT2D eigenvalue weighted by Crippen LogP contribution is 2.23. The first kappa shape index (κ1) is 21.5. The number of nitrogens with one attached hydrogen (secondary N) is 2. The van der Waals surface area contributed by atoms with Gasteiger partial charge in [0.1, 0.15) is 6.54 Å². The van der Waals surface area contributed by atoms with Crippen LogP contribution < -0.4 is 10.6 Å². The number of rotatable bonds is 9. The zero-order valence-corrected chi connectivity index (χ0v) is 15.8. The van der Waals surface area contributed by atoms with Crippen molar-refractivity contribution < 1.29 is 23.8 Å². The SMILES string of the molecule is CCOC(=O)CNC(=O)N[C@@H](Cc1ccc(Cl)cc1Cl)C(OC)OC. The minimum absolute atomic E-state index is 0.237. The molecule has 0 heterocycles. The fourth-order valence-corrected chi connectivity index (χ4v) is 2.63. The highest BCUT2D eigenvalue weighted by atomic mass is 35.5. The van der Waals surface area contributed by atoms with Crippen molar-refractivity contribution in [2.75, 3.05) is 27.4 Å². The molecule has 0 aromatic heterocycles. The Morgan fingerprint density at radius 2 is 1.88 bits per heavy atom. The van der Waals surface area contributed by atoms with Crippen LogP contribution >= 0.6 is 23.2 Å². The molecule has 0 fully saturated rings. The van der Waals surface area contributed by atoms with Crippen LogP contribution in [-0.2, 0) is 25.4 Å². The van der Waals surface area contributed by atoms with E-state index in [4.69, 9.17) is 37.4 Å². The highest BCUT2D eigenvalue weighted by molar-refractivity contribution is 6.35. The first-order valence-electron chi connectivity index (χ1n) is 7.60. The molecule has 0 aliphatic heterocycles. The largest absolute Gasteiger partial charge is 0.465 e. The van der Waals surface area contributed by atoms with Gasteiger partial charge in [0.05, 0.1) is 12.6 Å². The Hall–Kier alpha value is -1.54. The molecule has 0 aliphatic rings. The van der Waals surface area contributed by atoms with Crippen molar-refractivity contribution in [1.29, 1.82) is 0 Å². The van der Waals surface area contributed by atoms with Gasteiger partial charge in [0.15, 0.2) is 6.29 Å². The van der Waals surface area contributed by atoms with E-state index in [0.29, 0.717) is 16.5 Å². The molecule has 0 saturated heterocycles. The van der Waals surface area contributed by atoms with Crippen LogP contribution in [0.15, 0.2) is 18.2 Å². The normalized spacial score (nSPS) is 11.9. The molecule has 7 nitrogen and oxygen atoms in total. The van der Waals surface area contributed by atoms with Crippen LogP contribution in [0.3, 0.4) is 0 Å². The number of halogens is 2. The lowest BCUT2D eigenvalue weighted by molar-refractivity contribution is -0.141. The van der Waals surface area contributed by atoms with Gasteiger partial charge >= 0.3 is 12.0 Å². The van der Waals surface area contributed by atoms with Gasteiger partial charge in [-0.3, -0.25) is 4.79 Å². The Morgan fingerprint density at radius 1 is 1.20 bits per heavy atom. The van der Waals surface area contributed by atoms with E-state index in [-0.39, 0.29) is 13.2 Å². The van der Waals surface area contributed by atoms with Crippen LogP contribution in [0.2, 0.25) is 10.0 Å². The number of carbonyl (C=O) groups excluding carboxylic acids is 2. The Balaban J connectivity index is 2.76. The molecule has 2 amide bonds. The number of hydrogen-bond donors (Lipinski definition) is 2. The van der Waals surface area contributed by atoms with Crippen molar-refractivity contribution in [3.63, 3.8) is 0 Å². The molecule has 1 aromatic carbocycles. The van der Waals surface area contributed by atoms with Gasteiger partial charge in [0.2, 0.25) is 0 Å². The zero-order valence-electron chi connectivity index (χ0n) is 14.3. The smallest absolute Gasteiger partial charge is 0.325 e. The second-order valence-corrected chi connectivity index (χ2v) is 5.86. The fraction of sp³-hybridized carbons (Fsp3) is 0.500. The molecule has 1 rings (SSSR count). The van der Waals surface area contributed by atoms with E-state index in [0.717, 1.165) is 5.56 Å². The van der Waals surface area contributed by atoms with Crippen molar-refractivity contribution in [1.82, 2.24) is 10.6 Å². The summed E-state index contributed by atoms with van der Waals surface area (Å²) in [6.07, 6.45) is -0.366. The van der Waals surface area contributed by atoms with E-state index in [2.05, 4.69) is 10.6 Å². The van der Waals surface area contributed by atoms with Crippen molar-refractivity contribution >= 4 is 35.2 Å². The summed E-state index contributed by atoms with van der Waals surface area (Å²) >= 11 is 12.1. The second kappa shape index (κ2) is 11.1. The molecule has 0 bridgehead atoms. The monoisotopic (exact) mass is 392 g/mol. The van der Waals surface area contributed by atoms with Crippen molar-refractivity contribution in [2.45, 2.75) is 25.7 Å². The number of methoxy groups -OCH3 is 2. The average molecular weight is 393 g/mol. The number of benzene rings is 1. The van der Waals surface area contributed by atoms with Crippen LogP contribution in [0, 0.1) is 0 Å². The standard InChI is InChI=1S/C16H22Cl2N2O5/c1-4-25-14(21)9-19-16(22)20-13(15(23-2)24-3)7-10-5-6-11(17)8-12(10)18/h5-6,8,13,15H,4,7,9H2,1-3H3,(H2,19,20,22)/t13-/m0/s1. The van der Waals surface area contributed by atoms with E-state index in [1.807, 2.05) is 0 Å². The van der Waals surface area contributed by atoms with Crippen LogP contribution in [0.1, 0.15) is 12.5 Å². The summed E-state index contributed by atoms with van der Waals surface area (Å²) in [6.45, 7) is 1.69. The number of carbonyl (C=O) groups is 2. The first-order chi connectivity index (χ1) is 11.9. The van der Waals surface area contributed by atoms with Gasteiger partial charge in [0, 0.05) is 24.3 Å². The molecule has 0 aliphatic carbocycles. The molecule has 0 radical (unpaired) electrons. The molecule has 2 N–H and O–H groups in total. The third-order valence-corrected chi connectivity index (χ3v) is 3.85. The van der Waals surface area contributed by atoms with E-state index in [1.165, 1.54) is 14.2 Å². The highest BCUT2D eigenvalue weighted by Gasteiger charge is 2.24. The lowest BCUT2D eigenvalue weighted by Crippen LogP contribution is -2.51. The van der Waals surface area contributed by atoms with Crippen LogP contribution in [-0.4, -0.2) is 51.7 Å². The summed E-state index contributed by atoms with van der Waals surface area (Å²) < 4.78 is 15.2. The molecule has 0 unspecified atom stereocenters. The third kappa shape index (κ3) is 7.48. The third-order valence-electron chi connectivity index (χ3n) is 3.26. The molecule has 140 valence electrons. The van der Waals surface area contributed by atoms with E-state index in [1.54, 1.807) is 25.1 Å². The molecule has 0 spiro atoms. The maximum absolute atomic E-state index is 12.0. The quantitative estimate of drug-likeness (QED) is 0.497. The van der Waals surface area contributed by atoms with Gasteiger partial charge in [-0.15, -0.1) is 0 Å². The van der Waals surface area contributed by atoms with E-state index < -0.39 is 24.3 Å². The summed E-state index contributed by atoms with van der Waals surface area (Å²) in [4.78, 5) is 23.3. The summed E-state index contributed by atoms with van der Waals surface area (Å²) in [6, 6.07) is 3.98. The average Bonchev–Trinajstić information content (AvgIpc) is 2.56. The molecule has 1 atom stereocenters.